The van der Waals surface area contributed by atoms with Gasteiger partial charge in [-0.3, -0.25) is 0 Å². The molecule has 4 heteroatoms. The predicted octanol–water partition coefficient (Wildman–Crippen LogP) is 6.60. The van der Waals surface area contributed by atoms with Crippen molar-refractivity contribution in [1.82, 2.24) is 9.55 Å². The van der Waals surface area contributed by atoms with Gasteiger partial charge in [0.15, 0.2) is 0 Å². The molecule has 0 spiro atoms. The Morgan fingerprint density at radius 2 is 1.27 bits per heavy atom. The number of rotatable bonds is 10. The van der Waals surface area contributed by atoms with Crippen LogP contribution in [0.5, 0.6) is 0 Å². The van der Waals surface area contributed by atoms with Crippen LogP contribution < -0.4 is 10.9 Å². The van der Waals surface area contributed by atoms with Crippen LogP contribution in [0.1, 0.15) is 31.4 Å². The largest absolute Gasteiger partial charge is 0.327 e. The Morgan fingerprint density at radius 1 is 0.800 bits per heavy atom. The normalized spacial score (nSPS) is 11.6. The van der Waals surface area contributed by atoms with Crippen LogP contribution in [-0.2, 0) is 5.16 Å². The van der Waals surface area contributed by atoms with Crippen LogP contribution in [0.3, 0.4) is 0 Å². The van der Waals surface area contributed by atoms with Crippen LogP contribution in [0.15, 0.2) is 164 Å². The Labute approximate surface area is 243 Å². The molecule has 40 heavy (non-hydrogen) atoms. The monoisotopic (exact) mass is 538 g/mol. The van der Waals surface area contributed by atoms with Gasteiger partial charge in [0.1, 0.15) is 0 Å². The Kier molecular flexibility index (Phi) is 10.7. The molecule has 0 saturated carbocycles. The van der Waals surface area contributed by atoms with E-state index in [0.717, 1.165) is 0 Å². The first-order valence-electron chi connectivity index (χ1n) is 14.1. The number of hydrogen-bond donors (Lipinski definition) is 0. The van der Waals surface area contributed by atoms with E-state index in [2.05, 4.69) is 151 Å². The summed E-state index contributed by atoms with van der Waals surface area (Å²) in [6.45, 7) is 8.58. The molecular weight excluding hydrogens is 499 g/mol. The maximum absolute atomic E-state index is 4.37. The Balaban J connectivity index is 0.000000210. The zero-order chi connectivity index (χ0) is 28.0. The molecule has 1 heterocycles. The summed E-state index contributed by atoms with van der Waals surface area (Å²) in [5.41, 5.74) is 6.79. The average molecular weight is 539 g/mol. The highest BCUT2D eigenvalue weighted by molar-refractivity contribution is 6.89. The Hall–Kier alpha value is -4.15. The molecule has 0 aliphatic carbocycles. The lowest BCUT2D eigenvalue weighted by Crippen LogP contribution is -2.41. The minimum atomic E-state index is -0.517. The van der Waals surface area contributed by atoms with Gasteiger partial charge in [0.2, 0.25) is 6.71 Å². The first kappa shape index (κ1) is 28.8. The van der Waals surface area contributed by atoms with Gasteiger partial charge in [0.05, 0.1) is 21.0 Å². The molecule has 0 radical (unpaired) electrons. The van der Waals surface area contributed by atoms with Crippen molar-refractivity contribution >= 4 is 27.2 Å². The van der Waals surface area contributed by atoms with E-state index in [4.69, 9.17) is 0 Å². The van der Waals surface area contributed by atoms with Crippen molar-refractivity contribution in [3.8, 4) is 0 Å². The van der Waals surface area contributed by atoms with Crippen LogP contribution in [0.2, 0.25) is 6.04 Å². The lowest BCUT2D eigenvalue weighted by molar-refractivity contribution is 0.590. The summed E-state index contributed by atoms with van der Waals surface area (Å²) in [6.07, 6.45) is 9.41. The third-order valence-corrected chi connectivity index (χ3v) is 10.2. The second kappa shape index (κ2) is 14.9. The van der Waals surface area contributed by atoms with Crippen LogP contribution in [-0.4, -0.2) is 25.8 Å². The minimum Gasteiger partial charge on any atom is -0.327 e. The molecule has 0 N–H and O–H groups in total. The van der Waals surface area contributed by atoms with Crippen LogP contribution >= 0.6 is 0 Å². The molecule has 0 unspecified atom stereocenters. The van der Waals surface area contributed by atoms with Gasteiger partial charge in [-0.25, -0.2) is 4.98 Å². The van der Waals surface area contributed by atoms with E-state index in [1.54, 1.807) is 0 Å². The van der Waals surface area contributed by atoms with Crippen molar-refractivity contribution in [1.29, 1.82) is 0 Å². The van der Waals surface area contributed by atoms with Crippen molar-refractivity contribution in [2.24, 2.45) is 0 Å². The molecule has 0 aliphatic heterocycles. The molecule has 0 saturated heterocycles. The van der Waals surface area contributed by atoms with E-state index < -0.39 is 9.52 Å². The highest BCUT2D eigenvalue weighted by Crippen LogP contribution is 2.34. The van der Waals surface area contributed by atoms with E-state index in [9.17, 15) is 0 Å². The van der Waals surface area contributed by atoms with Gasteiger partial charge in [-0.2, -0.15) is 0 Å². The third kappa shape index (κ3) is 7.08. The van der Waals surface area contributed by atoms with Crippen molar-refractivity contribution in [3.05, 3.63) is 175 Å². The van der Waals surface area contributed by atoms with Crippen LogP contribution in [0.4, 0.5) is 0 Å². The molecule has 0 aliphatic rings. The molecule has 200 valence electrons. The highest BCUT2D eigenvalue weighted by Gasteiger charge is 2.35. The zero-order valence-electron chi connectivity index (χ0n) is 23.7. The summed E-state index contributed by atoms with van der Waals surface area (Å²) in [7, 11) is -0.517. The van der Waals surface area contributed by atoms with Crippen LogP contribution in [0.25, 0.3) is 0 Å². The molecule has 0 amide bonds. The molecule has 4 aromatic carbocycles. The summed E-state index contributed by atoms with van der Waals surface area (Å²) < 4.78 is 2.33. The maximum Gasteiger partial charge on any atom is 0.233 e. The number of imidazole rings is 1. The van der Waals surface area contributed by atoms with Gasteiger partial charge < -0.3 is 4.57 Å². The molecule has 0 atom stereocenters. The fourth-order valence-corrected chi connectivity index (χ4v) is 8.09. The average Bonchev–Trinajstić information content (AvgIpc) is 3.58. The lowest BCUT2D eigenvalue weighted by Gasteiger charge is -2.37. The smallest absolute Gasteiger partial charge is 0.233 e. The first-order chi connectivity index (χ1) is 19.7. The lowest BCUT2D eigenvalue weighted by atomic mass is 9.41. The molecule has 5 rings (SSSR count). The first-order valence-corrected chi connectivity index (χ1v) is 15.8. The summed E-state index contributed by atoms with van der Waals surface area (Å²) >= 11 is 0. The topological polar surface area (TPSA) is 17.8 Å². The number of hydrogen-bond acceptors (Lipinski definition) is 1. The number of nitrogens with zero attached hydrogens (tertiary/aromatic N) is 2. The van der Waals surface area contributed by atoms with Crippen molar-refractivity contribution in [2.75, 3.05) is 0 Å². The van der Waals surface area contributed by atoms with Gasteiger partial charge >= 0.3 is 0 Å². The summed E-state index contributed by atoms with van der Waals surface area (Å²) in [6, 6.07) is 44.0. The van der Waals surface area contributed by atoms with Gasteiger partial charge in [-0.15, -0.1) is 12.6 Å². The highest BCUT2D eigenvalue weighted by atomic mass is 28.2. The summed E-state index contributed by atoms with van der Waals surface area (Å²) in [4.78, 5) is 4.37. The second-order valence-corrected chi connectivity index (χ2v) is 12.3. The fraction of sp³-hybridized carbons (Fsp3) is 0.139. The van der Waals surface area contributed by atoms with E-state index in [-0.39, 0.29) is 5.16 Å². The van der Waals surface area contributed by atoms with E-state index >= 15 is 0 Å². The van der Waals surface area contributed by atoms with Crippen molar-refractivity contribution < 1.29 is 0 Å². The SMILES string of the molecule is C=CB(c1ccccc1)c1ccccc1.CC=C(C)CC[SiH2]C(c1ccccc1)(c1ccccc1)n1ccnc1. The minimum absolute atomic E-state index is 0.0902. The second-order valence-electron chi connectivity index (χ2n) is 10.1. The van der Waals surface area contributed by atoms with E-state index in [1.807, 2.05) is 30.6 Å². The molecular formula is C36H39BN2Si. The predicted molar refractivity (Wildman–Crippen MR) is 177 cm³/mol. The Morgan fingerprint density at radius 3 is 1.68 bits per heavy atom. The van der Waals surface area contributed by atoms with Gasteiger partial charge in [-0.05, 0) is 31.4 Å². The fourth-order valence-electron chi connectivity index (χ4n) is 5.35. The van der Waals surface area contributed by atoms with E-state index in [1.165, 1.54) is 40.1 Å². The summed E-state index contributed by atoms with van der Waals surface area (Å²) in [5.74, 6) is 1.99. The standard InChI is InChI=1S/C22H26N2Si.C14H13B/c1-3-19(2)14-17-25-22(24-16-15-23-18-24,20-10-6-4-7-11-20)21-12-8-5-9-13-21;1-2-15(13-9-5-3-6-10-13)14-11-7-4-8-12-14/h3-13,15-16,18H,14,17,25H2,1-2H3;2-12H,1H2. The number of benzene rings is 4. The number of allylic oxidation sites excluding steroid dienone is 2. The molecule has 0 fully saturated rings. The van der Waals surface area contributed by atoms with Gasteiger partial charge in [-0.1, -0.05) is 150 Å². The third-order valence-electron chi connectivity index (χ3n) is 7.60. The summed E-state index contributed by atoms with van der Waals surface area (Å²) in [5, 5.41) is -0.0902. The quantitative estimate of drug-likeness (QED) is 0.145. The van der Waals surface area contributed by atoms with Gasteiger partial charge in [0, 0.05) is 12.4 Å². The Bertz CT molecular complexity index is 1360. The molecule has 1 aromatic heterocycles. The van der Waals surface area contributed by atoms with E-state index in [0.29, 0.717) is 6.71 Å². The van der Waals surface area contributed by atoms with Crippen molar-refractivity contribution in [2.45, 2.75) is 31.5 Å². The van der Waals surface area contributed by atoms with Gasteiger partial charge in [0.25, 0.3) is 0 Å². The van der Waals surface area contributed by atoms with Crippen molar-refractivity contribution in [3.63, 3.8) is 0 Å². The van der Waals surface area contributed by atoms with Crippen LogP contribution in [0, 0.1) is 0 Å². The molecule has 5 aromatic rings. The number of aromatic nitrogens is 2. The zero-order valence-corrected chi connectivity index (χ0v) is 25.1. The maximum atomic E-state index is 4.37. The molecule has 2 nitrogen and oxygen atoms in total. The molecule has 0 bridgehead atoms.